The number of hydrogen-bond donors (Lipinski definition) is 1. The number of hydrogen-bond acceptors (Lipinski definition) is 3. The minimum atomic E-state index is 0.573. The normalized spacial score (nSPS) is 28.1. The molecule has 2 bridgehead atoms. The largest absolute Gasteiger partial charge is 0.411 e. The lowest BCUT2D eigenvalue weighted by atomic mass is 9.83. The smallest absolute Gasteiger partial charge is 0.0601 e. The van der Waals surface area contributed by atoms with E-state index in [1.165, 1.54) is 24.8 Å². The highest BCUT2D eigenvalue weighted by Crippen LogP contribution is 2.33. The lowest BCUT2D eigenvalue weighted by Gasteiger charge is -2.46. The van der Waals surface area contributed by atoms with E-state index in [9.17, 15) is 0 Å². The molecule has 0 aliphatic carbocycles. The second kappa shape index (κ2) is 5.11. The van der Waals surface area contributed by atoms with E-state index in [2.05, 4.69) is 40.4 Å². The fourth-order valence-corrected chi connectivity index (χ4v) is 3.42. The Morgan fingerprint density at radius 3 is 2.39 bits per heavy atom. The highest BCUT2D eigenvalue weighted by atomic mass is 16.4. The van der Waals surface area contributed by atoms with Crippen molar-refractivity contribution >= 4 is 5.71 Å². The van der Waals surface area contributed by atoms with E-state index in [1.807, 2.05) is 0 Å². The van der Waals surface area contributed by atoms with Crippen molar-refractivity contribution in [1.29, 1.82) is 0 Å². The van der Waals surface area contributed by atoms with Gasteiger partial charge in [-0.1, -0.05) is 41.9 Å². The molecule has 3 nitrogen and oxygen atoms in total. The SMILES string of the molecule is ON=C1C[C@H]2CCC[C@H](C1)N2Cc1ccccc1. The fourth-order valence-electron chi connectivity index (χ4n) is 3.42. The van der Waals surface area contributed by atoms with Gasteiger partial charge in [-0.3, -0.25) is 4.90 Å². The third-order valence-electron chi connectivity index (χ3n) is 4.30. The molecule has 2 aliphatic rings. The molecule has 2 heterocycles. The number of fused-ring (bicyclic) bond motifs is 2. The predicted octanol–water partition coefficient (Wildman–Crippen LogP) is 3.03. The molecule has 0 aromatic heterocycles. The molecule has 0 spiro atoms. The Morgan fingerprint density at radius 1 is 1.11 bits per heavy atom. The van der Waals surface area contributed by atoms with Gasteiger partial charge in [0.2, 0.25) is 0 Å². The first kappa shape index (κ1) is 11.7. The third kappa shape index (κ3) is 2.27. The van der Waals surface area contributed by atoms with Gasteiger partial charge in [0.05, 0.1) is 5.71 Å². The summed E-state index contributed by atoms with van der Waals surface area (Å²) in [4.78, 5) is 2.62. The summed E-state index contributed by atoms with van der Waals surface area (Å²) in [6.07, 6.45) is 5.68. The van der Waals surface area contributed by atoms with Gasteiger partial charge in [-0.05, 0) is 18.4 Å². The van der Waals surface area contributed by atoms with Crippen LogP contribution in [0.4, 0.5) is 0 Å². The van der Waals surface area contributed by atoms with E-state index in [0.29, 0.717) is 12.1 Å². The van der Waals surface area contributed by atoms with Gasteiger partial charge >= 0.3 is 0 Å². The minimum absolute atomic E-state index is 0.573. The molecule has 0 amide bonds. The summed E-state index contributed by atoms with van der Waals surface area (Å²) in [7, 11) is 0. The van der Waals surface area contributed by atoms with E-state index < -0.39 is 0 Å². The summed E-state index contributed by atoms with van der Waals surface area (Å²) in [5, 5.41) is 12.5. The highest BCUT2D eigenvalue weighted by molar-refractivity contribution is 5.85. The van der Waals surface area contributed by atoms with Crippen molar-refractivity contribution in [1.82, 2.24) is 4.90 Å². The van der Waals surface area contributed by atoms with Crippen LogP contribution >= 0.6 is 0 Å². The van der Waals surface area contributed by atoms with Crippen molar-refractivity contribution < 1.29 is 5.21 Å². The Bertz CT molecular complexity index is 413. The first-order chi connectivity index (χ1) is 8.86. The maximum atomic E-state index is 8.99. The maximum Gasteiger partial charge on any atom is 0.0601 e. The van der Waals surface area contributed by atoms with E-state index in [1.54, 1.807) is 0 Å². The predicted molar refractivity (Wildman–Crippen MR) is 71.9 cm³/mol. The van der Waals surface area contributed by atoms with Crippen LogP contribution in [0.3, 0.4) is 0 Å². The quantitative estimate of drug-likeness (QED) is 0.641. The molecule has 1 aromatic carbocycles. The van der Waals surface area contributed by atoms with Crippen LogP contribution in [0.1, 0.15) is 37.7 Å². The monoisotopic (exact) mass is 244 g/mol. The van der Waals surface area contributed by atoms with Crippen molar-refractivity contribution in [2.45, 2.75) is 50.7 Å². The molecule has 2 saturated heterocycles. The second-order valence-electron chi connectivity index (χ2n) is 5.47. The summed E-state index contributed by atoms with van der Waals surface area (Å²) in [5.41, 5.74) is 2.38. The molecule has 2 aliphatic heterocycles. The summed E-state index contributed by atoms with van der Waals surface area (Å²) in [6, 6.07) is 11.8. The number of benzene rings is 1. The Kier molecular flexibility index (Phi) is 3.33. The molecule has 3 heteroatoms. The Labute approximate surface area is 108 Å². The van der Waals surface area contributed by atoms with Gasteiger partial charge in [0.1, 0.15) is 0 Å². The van der Waals surface area contributed by atoms with Crippen LogP contribution in [-0.2, 0) is 6.54 Å². The zero-order chi connectivity index (χ0) is 12.4. The summed E-state index contributed by atoms with van der Waals surface area (Å²) in [6.45, 7) is 1.04. The average Bonchev–Trinajstić information content (AvgIpc) is 2.39. The molecule has 0 saturated carbocycles. The Hall–Kier alpha value is -1.35. The first-order valence-corrected chi connectivity index (χ1v) is 6.86. The molecule has 3 rings (SSSR count). The molecule has 0 unspecified atom stereocenters. The summed E-state index contributed by atoms with van der Waals surface area (Å²) >= 11 is 0. The molecular formula is C15H20N2O. The van der Waals surface area contributed by atoms with Crippen LogP contribution in [0.5, 0.6) is 0 Å². The molecule has 2 atom stereocenters. The topological polar surface area (TPSA) is 35.8 Å². The van der Waals surface area contributed by atoms with Crippen LogP contribution in [-0.4, -0.2) is 27.9 Å². The second-order valence-corrected chi connectivity index (χ2v) is 5.47. The number of rotatable bonds is 2. The van der Waals surface area contributed by atoms with E-state index in [4.69, 9.17) is 5.21 Å². The molecule has 1 N–H and O–H groups in total. The van der Waals surface area contributed by atoms with Gasteiger partial charge in [-0.2, -0.15) is 0 Å². The molecule has 96 valence electrons. The van der Waals surface area contributed by atoms with E-state index >= 15 is 0 Å². The van der Waals surface area contributed by atoms with Gasteiger partial charge in [0, 0.05) is 31.5 Å². The number of piperidine rings is 2. The summed E-state index contributed by atoms with van der Waals surface area (Å²) in [5.74, 6) is 0. The average molecular weight is 244 g/mol. The van der Waals surface area contributed by atoms with Crippen LogP contribution < -0.4 is 0 Å². The van der Waals surface area contributed by atoms with Crippen LogP contribution in [0.15, 0.2) is 35.5 Å². The van der Waals surface area contributed by atoms with Crippen molar-refractivity contribution in [3.05, 3.63) is 35.9 Å². The zero-order valence-corrected chi connectivity index (χ0v) is 10.6. The molecule has 2 fully saturated rings. The zero-order valence-electron chi connectivity index (χ0n) is 10.6. The van der Waals surface area contributed by atoms with Gasteiger partial charge in [0.25, 0.3) is 0 Å². The van der Waals surface area contributed by atoms with Crippen molar-refractivity contribution in [2.24, 2.45) is 5.16 Å². The lowest BCUT2D eigenvalue weighted by molar-refractivity contribution is 0.0668. The van der Waals surface area contributed by atoms with Gasteiger partial charge in [0.15, 0.2) is 0 Å². The Morgan fingerprint density at radius 2 is 1.78 bits per heavy atom. The van der Waals surface area contributed by atoms with Gasteiger partial charge in [-0.25, -0.2) is 0 Å². The van der Waals surface area contributed by atoms with Gasteiger partial charge in [-0.15, -0.1) is 0 Å². The summed E-state index contributed by atoms with van der Waals surface area (Å²) < 4.78 is 0. The Balaban J connectivity index is 1.76. The molecule has 0 radical (unpaired) electrons. The fraction of sp³-hybridized carbons (Fsp3) is 0.533. The van der Waals surface area contributed by atoms with Crippen LogP contribution in [0.2, 0.25) is 0 Å². The molecular weight excluding hydrogens is 224 g/mol. The minimum Gasteiger partial charge on any atom is -0.411 e. The van der Waals surface area contributed by atoms with Crippen molar-refractivity contribution in [3.8, 4) is 0 Å². The van der Waals surface area contributed by atoms with Crippen molar-refractivity contribution in [2.75, 3.05) is 0 Å². The van der Waals surface area contributed by atoms with Crippen LogP contribution in [0, 0.1) is 0 Å². The highest BCUT2D eigenvalue weighted by Gasteiger charge is 2.36. The number of oxime groups is 1. The maximum absolute atomic E-state index is 8.99. The van der Waals surface area contributed by atoms with Crippen LogP contribution in [0.25, 0.3) is 0 Å². The first-order valence-electron chi connectivity index (χ1n) is 6.86. The molecule has 1 aromatic rings. The van der Waals surface area contributed by atoms with Gasteiger partial charge < -0.3 is 5.21 Å². The lowest BCUT2D eigenvalue weighted by Crippen LogP contribution is -2.51. The third-order valence-corrected chi connectivity index (χ3v) is 4.30. The van der Waals surface area contributed by atoms with E-state index in [0.717, 1.165) is 25.1 Å². The standard InChI is InChI=1S/C15H20N2O/c18-16-13-9-14-7-4-8-15(10-13)17(14)11-12-5-2-1-3-6-12/h1-3,5-6,14-15,18H,4,7-11H2/t14-,15-/m1/s1. The van der Waals surface area contributed by atoms with Crippen molar-refractivity contribution in [3.63, 3.8) is 0 Å². The number of nitrogens with zero attached hydrogens (tertiary/aromatic N) is 2. The molecule has 18 heavy (non-hydrogen) atoms. The van der Waals surface area contributed by atoms with E-state index in [-0.39, 0.29) is 0 Å².